The molecule has 1 aromatic carbocycles. The molecule has 0 aliphatic carbocycles. The zero-order chi connectivity index (χ0) is 16.4. The summed E-state index contributed by atoms with van der Waals surface area (Å²) in [6, 6.07) is 3.93. The van der Waals surface area contributed by atoms with Crippen LogP contribution in [0.15, 0.2) is 12.1 Å². The van der Waals surface area contributed by atoms with Crippen molar-refractivity contribution in [2.75, 3.05) is 26.3 Å². The lowest BCUT2D eigenvalue weighted by Gasteiger charge is -2.25. The highest BCUT2D eigenvalue weighted by atomic mass is 35.5. The molecule has 0 amide bonds. The molecule has 1 aliphatic rings. The van der Waals surface area contributed by atoms with Crippen molar-refractivity contribution in [2.45, 2.75) is 33.5 Å². The summed E-state index contributed by atoms with van der Waals surface area (Å²) in [7, 11) is 0. The highest BCUT2D eigenvalue weighted by molar-refractivity contribution is 6.36. The van der Waals surface area contributed by atoms with Crippen molar-refractivity contribution in [1.29, 1.82) is 0 Å². The lowest BCUT2D eigenvalue weighted by Crippen LogP contribution is -2.35. The van der Waals surface area contributed by atoms with E-state index < -0.39 is 0 Å². The molecule has 2 aromatic rings. The van der Waals surface area contributed by atoms with Crippen LogP contribution in [0.3, 0.4) is 0 Å². The fourth-order valence-corrected chi connectivity index (χ4v) is 3.35. The van der Waals surface area contributed by atoms with E-state index in [-0.39, 0.29) is 6.61 Å². The summed E-state index contributed by atoms with van der Waals surface area (Å²) in [5, 5.41) is 16.0. The highest BCUT2D eigenvalue weighted by Crippen LogP contribution is 2.31. The lowest BCUT2D eigenvalue weighted by atomic mass is 10.1. The van der Waals surface area contributed by atoms with Gasteiger partial charge < -0.3 is 9.84 Å². The van der Waals surface area contributed by atoms with Gasteiger partial charge in [-0.15, -0.1) is 0 Å². The number of aliphatic hydroxyl groups is 1. The van der Waals surface area contributed by atoms with Crippen LogP contribution >= 0.6 is 11.6 Å². The third-order valence-corrected chi connectivity index (χ3v) is 4.61. The third-order valence-electron chi connectivity index (χ3n) is 4.19. The molecule has 2 heterocycles. The number of nitrogens with zero attached hydrogens (tertiary/aromatic N) is 3. The summed E-state index contributed by atoms with van der Waals surface area (Å²) >= 11 is 6.53. The molecule has 0 bridgehead atoms. The van der Waals surface area contributed by atoms with Crippen LogP contribution in [0.4, 0.5) is 0 Å². The van der Waals surface area contributed by atoms with Crippen LogP contribution < -0.4 is 0 Å². The number of hydrogen-bond donors (Lipinski definition) is 1. The number of ether oxygens (including phenoxy) is 1. The van der Waals surface area contributed by atoms with Gasteiger partial charge in [0.25, 0.3) is 0 Å². The Kier molecular flexibility index (Phi) is 5.21. The molecular weight excluding hydrogens is 314 g/mol. The van der Waals surface area contributed by atoms with Gasteiger partial charge in [0.2, 0.25) is 0 Å². The normalized spacial score (nSPS) is 16.6. The molecule has 1 aliphatic heterocycles. The van der Waals surface area contributed by atoms with Gasteiger partial charge in [-0.2, -0.15) is 5.10 Å². The maximum atomic E-state index is 9.48. The van der Waals surface area contributed by atoms with Crippen LogP contribution in [0.5, 0.6) is 0 Å². The first-order valence-corrected chi connectivity index (χ1v) is 8.55. The van der Waals surface area contributed by atoms with E-state index in [1.165, 1.54) is 0 Å². The second kappa shape index (κ2) is 7.18. The molecular formula is C17H24ClN3O2. The van der Waals surface area contributed by atoms with Crippen LogP contribution in [0.2, 0.25) is 5.02 Å². The Labute approximate surface area is 141 Å². The van der Waals surface area contributed by atoms with Gasteiger partial charge in [0, 0.05) is 31.6 Å². The molecule has 6 heteroatoms. The van der Waals surface area contributed by atoms with Gasteiger partial charge in [-0.25, -0.2) is 0 Å². The summed E-state index contributed by atoms with van der Waals surface area (Å²) in [4.78, 5) is 2.36. The number of fused-ring (bicyclic) bond motifs is 1. The quantitative estimate of drug-likeness (QED) is 0.911. The Bertz CT molecular complexity index is 678. The van der Waals surface area contributed by atoms with Gasteiger partial charge in [-0.1, -0.05) is 37.6 Å². The van der Waals surface area contributed by atoms with Crippen molar-refractivity contribution in [3.8, 4) is 0 Å². The average molecular weight is 338 g/mol. The topological polar surface area (TPSA) is 50.5 Å². The second-order valence-electron chi connectivity index (χ2n) is 6.50. The fourth-order valence-electron chi connectivity index (χ4n) is 3.03. The Balaban J connectivity index is 2.02. The molecule has 1 saturated heterocycles. The number of aliphatic hydroxyl groups excluding tert-OH is 1. The molecule has 23 heavy (non-hydrogen) atoms. The Morgan fingerprint density at radius 2 is 2.04 bits per heavy atom. The van der Waals surface area contributed by atoms with Gasteiger partial charge in [0.05, 0.1) is 36.1 Å². The van der Waals surface area contributed by atoms with Crippen LogP contribution in [-0.4, -0.2) is 46.1 Å². The molecule has 0 atom stereocenters. The van der Waals surface area contributed by atoms with Crippen molar-refractivity contribution in [1.82, 2.24) is 14.7 Å². The molecule has 5 nitrogen and oxygen atoms in total. The van der Waals surface area contributed by atoms with E-state index in [0.29, 0.717) is 10.9 Å². The van der Waals surface area contributed by atoms with Crippen molar-refractivity contribution < 1.29 is 9.84 Å². The number of hydrogen-bond acceptors (Lipinski definition) is 4. The van der Waals surface area contributed by atoms with Crippen molar-refractivity contribution >= 4 is 22.5 Å². The van der Waals surface area contributed by atoms with E-state index in [0.717, 1.165) is 61.6 Å². The first kappa shape index (κ1) is 16.7. The molecule has 0 spiro atoms. The van der Waals surface area contributed by atoms with Crippen LogP contribution in [0, 0.1) is 5.92 Å². The first-order chi connectivity index (χ1) is 11.1. The Hall–Kier alpha value is -1.14. The SMILES string of the molecule is CC(C)Cn1nc(CN2CCOCC2)c2ccc(CO)c(Cl)c21. The van der Waals surface area contributed by atoms with Crippen LogP contribution in [-0.2, 0) is 24.4 Å². The smallest absolute Gasteiger partial charge is 0.0875 e. The minimum Gasteiger partial charge on any atom is -0.392 e. The summed E-state index contributed by atoms with van der Waals surface area (Å²) in [5.41, 5.74) is 2.74. The zero-order valence-electron chi connectivity index (χ0n) is 13.8. The largest absolute Gasteiger partial charge is 0.392 e. The van der Waals surface area contributed by atoms with Crippen molar-refractivity contribution in [3.63, 3.8) is 0 Å². The van der Waals surface area contributed by atoms with Crippen LogP contribution in [0.25, 0.3) is 10.9 Å². The van der Waals surface area contributed by atoms with E-state index in [1.807, 2.05) is 16.8 Å². The first-order valence-electron chi connectivity index (χ1n) is 8.18. The van der Waals surface area contributed by atoms with Gasteiger partial charge in [0.15, 0.2) is 0 Å². The number of rotatable bonds is 5. The van der Waals surface area contributed by atoms with Gasteiger partial charge in [-0.3, -0.25) is 9.58 Å². The molecule has 126 valence electrons. The molecule has 0 saturated carbocycles. The third kappa shape index (κ3) is 3.53. The van der Waals surface area contributed by atoms with Crippen molar-refractivity contribution in [3.05, 3.63) is 28.4 Å². The number of benzene rings is 1. The maximum absolute atomic E-state index is 9.48. The fraction of sp³-hybridized carbons (Fsp3) is 0.588. The minimum atomic E-state index is -0.0551. The molecule has 0 radical (unpaired) electrons. The average Bonchev–Trinajstić information content (AvgIpc) is 2.86. The van der Waals surface area contributed by atoms with Gasteiger partial charge in [-0.05, 0) is 11.5 Å². The van der Waals surface area contributed by atoms with E-state index in [4.69, 9.17) is 21.4 Å². The zero-order valence-corrected chi connectivity index (χ0v) is 14.5. The van der Waals surface area contributed by atoms with E-state index >= 15 is 0 Å². The summed E-state index contributed by atoms with van der Waals surface area (Å²) in [5.74, 6) is 0.475. The molecule has 0 unspecified atom stereocenters. The Morgan fingerprint density at radius 1 is 1.30 bits per heavy atom. The maximum Gasteiger partial charge on any atom is 0.0875 e. The summed E-state index contributed by atoms with van der Waals surface area (Å²) in [6.45, 7) is 9.31. The summed E-state index contributed by atoms with van der Waals surface area (Å²) in [6.07, 6.45) is 0. The Morgan fingerprint density at radius 3 is 2.70 bits per heavy atom. The minimum absolute atomic E-state index is 0.0551. The van der Waals surface area contributed by atoms with E-state index in [2.05, 4.69) is 18.7 Å². The van der Waals surface area contributed by atoms with E-state index in [9.17, 15) is 5.11 Å². The number of aromatic nitrogens is 2. The standard InChI is InChI=1S/C17H24ClN3O2/c1-12(2)9-21-17-14(4-3-13(11-22)16(17)18)15(19-21)10-20-5-7-23-8-6-20/h3-4,12,22H,5-11H2,1-2H3. The van der Waals surface area contributed by atoms with Gasteiger partial charge in [0.1, 0.15) is 0 Å². The van der Waals surface area contributed by atoms with Gasteiger partial charge >= 0.3 is 0 Å². The predicted molar refractivity (Wildman–Crippen MR) is 91.6 cm³/mol. The molecule has 1 fully saturated rings. The monoisotopic (exact) mass is 337 g/mol. The summed E-state index contributed by atoms with van der Waals surface area (Å²) < 4.78 is 7.41. The lowest BCUT2D eigenvalue weighted by molar-refractivity contribution is 0.0337. The molecule has 1 aromatic heterocycles. The van der Waals surface area contributed by atoms with Crippen molar-refractivity contribution in [2.24, 2.45) is 5.92 Å². The van der Waals surface area contributed by atoms with Crippen LogP contribution in [0.1, 0.15) is 25.1 Å². The van der Waals surface area contributed by atoms with E-state index in [1.54, 1.807) is 0 Å². The molecule has 1 N–H and O–H groups in total. The number of morpholine rings is 1. The molecule has 3 rings (SSSR count). The highest BCUT2D eigenvalue weighted by Gasteiger charge is 2.19. The second-order valence-corrected chi connectivity index (χ2v) is 6.88. The predicted octanol–water partition coefficient (Wildman–Crippen LogP) is 2.67. The number of halogens is 1.